The number of aliphatic carboxylic acids is 1. The van der Waals surface area contributed by atoms with Gasteiger partial charge in [-0.05, 0) is 80.7 Å². The first-order valence-electron chi connectivity index (χ1n) is 14.9. The number of carboxylic acids is 1. The standard InChI is InChI=1S/C32H31F8NO5S/c1-17(2)23-10-9-22(16-25(23)33)47(45,46)29-13-14-41(27(42)18-3-5-19(6-4-18)28(43)44)26(29)12-7-20-15-21(8-11-24(20)29)30(34,31(35,36)37)32(38,39)40/h8-11,15-16,18-19,26H,1,3-7,12-14H2,2H3,(H,43,44). The molecule has 47 heavy (non-hydrogen) atoms. The van der Waals surface area contributed by atoms with Gasteiger partial charge >= 0.3 is 24.0 Å². The molecule has 3 aliphatic rings. The molecule has 6 nitrogen and oxygen atoms in total. The number of halogens is 8. The Morgan fingerprint density at radius 1 is 0.915 bits per heavy atom. The van der Waals surface area contributed by atoms with Gasteiger partial charge in [0.2, 0.25) is 5.91 Å². The number of carbonyl (C=O) groups excluding carboxylic acids is 1. The number of nitrogens with zero attached hydrogens (tertiary/aromatic N) is 1. The number of amides is 1. The van der Waals surface area contributed by atoms with Crippen LogP contribution in [0.15, 0.2) is 47.9 Å². The third kappa shape index (κ3) is 5.32. The Bertz CT molecular complexity index is 1720. The summed E-state index contributed by atoms with van der Waals surface area (Å²) in [6.07, 6.45) is -12.7. The quantitative estimate of drug-likeness (QED) is 0.322. The van der Waals surface area contributed by atoms with Crippen molar-refractivity contribution in [2.24, 2.45) is 11.8 Å². The van der Waals surface area contributed by atoms with E-state index in [-0.39, 0.29) is 79.8 Å². The van der Waals surface area contributed by atoms with Gasteiger partial charge < -0.3 is 10.0 Å². The van der Waals surface area contributed by atoms with Gasteiger partial charge in [0.25, 0.3) is 0 Å². The number of allylic oxidation sites excluding steroid dienone is 1. The predicted molar refractivity (Wildman–Crippen MR) is 153 cm³/mol. The lowest BCUT2D eigenvalue weighted by Gasteiger charge is -2.44. The first-order chi connectivity index (χ1) is 21.7. The first-order valence-corrected chi connectivity index (χ1v) is 16.4. The van der Waals surface area contributed by atoms with Gasteiger partial charge in [-0.3, -0.25) is 9.59 Å². The molecular weight excluding hydrogens is 662 g/mol. The van der Waals surface area contributed by atoms with Crippen molar-refractivity contribution in [2.45, 2.75) is 85.6 Å². The molecule has 2 atom stereocenters. The fourth-order valence-electron chi connectivity index (χ4n) is 7.54. The molecule has 15 heteroatoms. The Kier molecular flexibility index (Phi) is 8.59. The monoisotopic (exact) mass is 693 g/mol. The van der Waals surface area contributed by atoms with Crippen LogP contribution in [0.25, 0.3) is 5.57 Å². The largest absolute Gasteiger partial charge is 0.481 e. The lowest BCUT2D eigenvalue weighted by atomic mass is 9.76. The first kappa shape index (κ1) is 34.8. The number of hydrogen-bond acceptors (Lipinski definition) is 4. The van der Waals surface area contributed by atoms with Gasteiger partial charge in [-0.15, -0.1) is 0 Å². The Balaban J connectivity index is 1.65. The molecule has 1 N–H and O–H groups in total. The van der Waals surface area contributed by atoms with E-state index in [0.29, 0.717) is 6.07 Å². The number of aryl methyl sites for hydroxylation is 1. The van der Waals surface area contributed by atoms with Crippen LogP contribution in [0.5, 0.6) is 0 Å². The van der Waals surface area contributed by atoms with Gasteiger partial charge in [0, 0.05) is 23.6 Å². The van der Waals surface area contributed by atoms with Gasteiger partial charge in [-0.25, -0.2) is 17.2 Å². The normalized spacial score (nSPS) is 25.2. The molecule has 2 fully saturated rings. The molecule has 1 saturated carbocycles. The number of hydrogen-bond donors (Lipinski definition) is 1. The van der Waals surface area contributed by atoms with Crippen LogP contribution in [0.3, 0.4) is 0 Å². The number of benzene rings is 2. The van der Waals surface area contributed by atoms with Crippen molar-refractivity contribution in [3.63, 3.8) is 0 Å². The van der Waals surface area contributed by atoms with Crippen LogP contribution in [-0.2, 0) is 36.3 Å². The number of carbonyl (C=O) groups is 2. The average Bonchev–Trinajstić information content (AvgIpc) is 3.40. The molecule has 1 saturated heterocycles. The number of alkyl halides is 7. The molecular formula is C32H31F8NO5S. The number of sulfone groups is 1. The zero-order valence-corrected chi connectivity index (χ0v) is 25.8. The number of rotatable bonds is 6. The minimum atomic E-state index is -6.39. The molecule has 5 rings (SSSR count). The Morgan fingerprint density at radius 2 is 1.51 bits per heavy atom. The number of carboxylic acid groups (broad SMARTS) is 1. The highest BCUT2D eigenvalue weighted by molar-refractivity contribution is 7.92. The Hall–Kier alpha value is -3.49. The summed E-state index contributed by atoms with van der Waals surface area (Å²) in [5.41, 5.74) is -7.67. The molecule has 0 aromatic heterocycles. The molecule has 2 aromatic rings. The fourth-order valence-corrected chi connectivity index (χ4v) is 9.91. The van der Waals surface area contributed by atoms with E-state index in [1.54, 1.807) is 0 Å². The van der Waals surface area contributed by atoms with E-state index in [2.05, 4.69) is 6.58 Å². The molecule has 2 aliphatic carbocycles. The minimum absolute atomic E-state index is 0.0189. The summed E-state index contributed by atoms with van der Waals surface area (Å²) in [7, 11) is -4.74. The van der Waals surface area contributed by atoms with Crippen molar-refractivity contribution in [3.05, 3.63) is 71.0 Å². The van der Waals surface area contributed by atoms with Crippen molar-refractivity contribution < 1.29 is 58.2 Å². The van der Waals surface area contributed by atoms with E-state index in [1.165, 1.54) is 17.9 Å². The highest BCUT2D eigenvalue weighted by Gasteiger charge is 2.74. The summed E-state index contributed by atoms with van der Waals surface area (Å²) >= 11 is 0. The van der Waals surface area contributed by atoms with Crippen LogP contribution in [0.4, 0.5) is 35.1 Å². The van der Waals surface area contributed by atoms with Crippen LogP contribution in [-0.4, -0.2) is 55.2 Å². The van der Waals surface area contributed by atoms with Crippen molar-refractivity contribution in [1.82, 2.24) is 4.90 Å². The molecule has 2 unspecified atom stereocenters. The molecule has 256 valence electrons. The smallest absolute Gasteiger partial charge is 0.435 e. The van der Waals surface area contributed by atoms with E-state index in [4.69, 9.17) is 0 Å². The van der Waals surface area contributed by atoms with E-state index in [1.807, 2.05) is 0 Å². The summed E-state index contributed by atoms with van der Waals surface area (Å²) < 4.78 is 139. The summed E-state index contributed by atoms with van der Waals surface area (Å²) in [6.45, 7) is 4.98. The van der Waals surface area contributed by atoms with E-state index < -0.39 is 78.6 Å². The Labute approximate surface area is 265 Å². The van der Waals surface area contributed by atoms with Gasteiger partial charge in [-0.1, -0.05) is 30.8 Å². The van der Waals surface area contributed by atoms with Gasteiger partial charge in [0.1, 0.15) is 10.6 Å². The van der Waals surface area contributed by atoms with E-state index in [9.17, 15) is 49.5 Å². The molecule has 1 aliphatic heterocycles. The second kappa shape index (κ2) is 11.6. The molecule has 1 heterocycles. The minimum Gasteiger partial charge on any atom is -0.481 e. The second-order valence-electron chi connectivity index (χ2n) is 12.6. The third-order valence-electron chi connectivity index (χ3n) is 9.96. The molecule has 0 bridgehead atoms. The zero-order valence-electron chi connectivity index (χ0n) is 25.0. The van der Waals surface area contributed by atoms with Gasteiger partial charge in [0.05, 0.1) is 16.9 Å². The zero-order chi connectivity index (χ0) is 34.9. The number of fused-ring (bicyclic) bond motifs is 3. The molecule has 1 amide bonds. The maximum Gasteiger partial charge on any atom is 0.435 e. The van der Waals surface area contributed by atoms with Crippen LogP contribution in [0, 0.1) is 17.7 Å². The fraction of sp³-hybridized carbons (Fsp3) is 0.500. The van der Waals surface area contributed by atoms with Crippen molar-refractivity contribution in [3.8, 4) is 0 Å². The maximum absolute atomic E-state index is 15.1. The topological polar surface area (TPSA) is 91.8 Å². The highest BCUT2D eigenvalue weighted by atomic mass is 32.2. The summed E-state index contributed by atoms with van der Waals surface area (Å²) in [4.78, 5) is 26.1. The number of likely N-dealkylation sites (tertiary alicyclic amines) is 1. The van der Waals surface area contributed by atoms with E-state index in [0.717, 1.165) is 18.2 Å². The summed E-state index contributed by atoms with van der Waals surface area (Å²) in [6, 6.07) is 3.30. The van der Waals surface area contributed by atoms with Crippen LogP contribution < -0.4 is 0 Å². The summed E-state index contributed by atoms with van der Waals surface area (Å²) in [5.74, 6) is -3.65. The van der Waals surface area contributed by atoms with Crippen molar-refractivity contribution in [2.75, 3.05) is 6.54 Å². The third-order valence-corrected chi connectivity index (χ3v) is 12.5. The lowest BCUT2D eigenvalue weighted by Crippen LogP contribution is -2.54. The van der Waals surface area contributed by atoms with Crippen LogP contribution in [0.2, 0.25) is 0 Å². The second-order valence-corrected chi connectivity index (χ2v) is 14.8. The van der Waals surface area contributed by atoms with Crippen molar-refractivity contribution >= 4 is 27.3 Å². The Morgan fingerprint density at radius 3 is 2.04 bits per heavy atom. The van der Waals surface area contributed by atoms with Gasteiger partial charge in [0.15, 0.2) is 9.84 Å². The van der Waals surface area contributed by atoms with Crippen LogP contribution >= 0.6 is 0 Å². The molecule has 2 aromatic carbocycles. The maximum atomic E-state index is 15.1. The van der Waals surface area contributed by atoms with Crippen molar-refractivity contribution in [1.29, 1.82) is 0 Å². The molecule has 0 radical (unpaired) electrons. The predicted octanol–water partition coefficient (Wildman–Crippen LogP) is 7.26. The molecule has 0 spiro atoms. The SMILES string of the molecule is C=C(C)c1ccc(S(=O)(=O)C23CCN(C(=O)C4CCC(C(=O)O)CC4)C2CCc2cc(C(F)(C(F)(F)F)C(F)(F)F)ccc23)cc1F. The van der Waals surface area contributed by atoms with E-state index >= 15 is 8.78 Å². The highest BCUT2D eigenvalue weighted by Crippen LogP contribution is 2.57. The van der Waals surface area contributed by atoms with Gasteiger partial charge in [-0.2, -0.15) is 26.3 Å². The average molecular weight is 694 g/mol. The lowest BCUT2D eigenvalue weighted by molar-refractivity contribution is -0.348. The van der Waals surface area contributed by atoms with Crippen LogP contribution in [0.1, 0.15) is 67.7 Å². The summed E-state index contributed by atoms with van der Waals surface area (Å²) in [5, 5.41) is 9.34.